The number of thiazole rings is 1. The number of halogens is 1. The zero-order valence-electron chi connectivity index (χ0n) is 13.3. The van der Waals surface area contributed by atoms with Gasteiger partial charge in [0.2, 0.25) is 0 Å². The first-order valence-corrected chi connectivity index (χ1v) is 9.30. The molecule has 1 N–H and O–H groups in total. The second-order valence-corrected chi connectivity index (χ2v) is 7.32. The number of carbonyl (C=O) groups is 1. The average Bonchev–Trinajstić information content (AvgIpc) is 2.97. The molecule has 0 aliphatic rings. The Bertz CT molecular complexity index is 846. The van der Waals surface area contributed by atoms with Crippen LogP contribution in [0.2, 0.25) is 0 Å². The minimum atomic E-state index is -0.0621. The van der Waals surface area contributed by atoms with Crippen molar-refractivity contribution in [2.75, 3.05) is 6.54 Å². The third-order valence-corrected chi connectivity index (χ3v) is 5.63. The molecule has 1 amide bonds. The van der Waals surface area contributed by atoms with Crippen LogP contribution in [0.4, 0.5) is 0 Å². The van der Waals surface area contributed by atoms with Gasteiger partial charge < -0.3 is 5.32 Å². The third-order valence-electron chi connectivity index (χ3n) is 3.67. The first-order chi connectivity index (χ1) is 11.6. The van der Waals surface area contributed by atoms with Crippen molar-refractivity contribution in [2.45, 2.75) is 13.3 Å². The van der Waals surface area contributed by atoms with Gasteiger partial charge in [0.25, 0.3) is 5.91 Å². The van der Waals surface area contributed by atoms with E-state index < -0.39 is 0 Å². The Hall–Kier alpha value is -1.98. The maximum absolute atomic E-state index is 12.2. The van der Waals surface area contributed by atoms with Gasteiger partial charge in [0.15, 0.2) is 0 Å². The number of aromatic nitrogens is 1. The maximum atomic E-state index is 12.2. The van der Waals surface area contributed by atoms with E-state index in [1.165, 1.54) is 4.88 Å². The number of nitrogens with one attached hydrogen (secondary N) is 1. The standard InChI is InChI=1S/C19H17BrN2OS/c1-13-17(24-19(22-13)14-7-3-2-4-8-14)11-12-21-18(23)15-9-5-6-10-16(15)20/h2-10H,11-12H2,1H3,(H,21,23). The molecule has 0 aliphatic heterocycles. The van der Waals surface area contributed by atoms with Crippen molar-refractivity contribution in [1.29, 1.82) is 0 Å². The number of rotatable bonds is 5. The van der Waals surface area contributed by atoms with Crippen LogP contribution in [-0.2, 0) is 6.42 Å². The Morgan fingerprint density at radius 3 is 2.58 bits per heavy atom. The molecule has 0 fully saturated rings. The normalized spacial score (nSPS) is 10.6. The molecule has 3 nitrogen and oxygen atoms in total. The van der Waals surface area contributed by atoms with Crippen LogP contribution in [-0.4, -0.2) is 17.4 Å². The Morgan fingerprint density at radius 1 is 1.12 bits per heavy atom. The van der Waals surface area contributed by atoms with E-state index in [9.17, 15) is 4.79 Å². The average molecular weight is 401 g/mol. The van der Waals surface area contributed by atoms with Gasteiger partial charge in [-0.2, -0.15) is 0 Å². The molecule has 2 aromatic carbocycles. The first-order valence-electron chi connectivity index (χ1n) is 7.69. The molecule has 0 atom stereocenters. The molecule has 24 heavy (non-hydrogen) atoms. The molecule has 5 heteroatoms. The molecule has 0 bridgehead atoms. The monoisotopic (exact) mass is 400 g/mol. The zero-order chi connectivity index (χ0) is 16.9. The minimum absolute atomic E-state index is 0.0621. The van der Waals surface area contributed by atoms with Crippen LogP contribution in [0.3, 0.4) is 0 Å². The van der Waals surface area contributed by atoms with E-state index >= 15 is 0 Å². The summed E-state index contributed by atoms with van der Waals surface area (Å²) in [5, 5.41) is 4.00. The molecule has 3 aromatic rings. The van der Waals surface area contributed by atoms with Gasteiger partial charge >= 0.3 is 0 Å². The highest BCUT2D eigenvalue weighted by molar-refractivity contribution is 9.10. The van der Waals surface area contributed by atoms with Crippen LogP contribution in [0.5, 0.6) is 0 Å². The molecule has 0 saturated heterocycles. The number of amides is 1. The van der Waals surface area contributed by atoms with Gasteiger partial charge in [0.1, 0.15) is 5.01 Å². The number of hydrogen-bond donors (Lipinski definition) is 1. The van der Waals surface area contributed by atoms with Crippen LogP contribution < -0.4 is 5.32 Å². The lowest BCUT2D eigenvalue weighted by Crippen LogP contribution is -2.25. The fourth-order valence-electron chi connectivity index (χ4n) is 2.39. The highest BCUT2D eigenvalue weighted by Crippen LogP contribution is 2.27. The van der Waals surface area contributed by atoms with E-state index in [4.69, 9.17) is 0 Å². The predicted molar refractivity (Wildman–Crippen MR) is 102 cm³/mol. The van der Waals surface area contributed by atoms with Crippen LogP contribution in [0.25, 0.3) is 10.6 Å². The second kappa shape index (κ2) is 7.73. The molecular formula is C19H17BrN2OS. The summed E-state index contributed by atoms with van der Waals surface area (Å²) in [7, 11) is 0. The number of nitrogens with zero attached hydrogens (tertiary/aromatic N) is 1. The Morgan fingerprint density at radius 2 is 1.83 bits per heavy atom. The Kier molecular flexibility index (Phi) is 5.43. The number of benzene rings is 2. The lowest BCUT2D eigenvalue weighted by molar-refractivity contribution is 0.0953. The van der Waals surface area contributed by atoms with Gasteiger partial charge in [-0.3, -0.25) is 4.79 Å². The number of hydrogen-bond acceptors (Lipinski definition) is 3. The van der Waals surface area contributed by atoms with E-state index in [0.29, 0.717) is 12.1 Å². The van der Waals surface area contributed by atoms with Crippen molar-refractivity contribution in [3.05, 3.63) is 75.2 Å². The summed E-state index contributed by atoms with van der Waals surface area (Å²) in [6.07, 6.45) is 0.784. The van der Waals surface area contributed by atoms with Crippen molar-refractivity contribution in [3.63, 3.8) is 0 Å². The van der Waals surface area contributed by atoms with Crippen molar-refractivity contribution in [2.24, 2.45) is 0 Å². The Balaban J connectivity index is 1.62. The van der Waals surface area contributed by atoms with Crippen LogP contribution in [0.15, 0.2) is 59.1 Å². The molecule has 1 aromatic heterocycles. The molecule has 0 saturated carbocycles. The second-order valence-electron chi connectivity index (χ2n) is 5.38. The molecule has 0 spiro atoms. The van der Waals surface area contributed by atoms with Crippen LogP contribution in [0.1, 0.15) is 20.9 Å². The highest BCUT2D eigenvalue weighted by Gasteiger charge is 2.11. The van der Waals surface area contributed by atoms with Crippen molar-refractivity contribution in [1.82, 2.24) is 10.3 Å². The van der Waals surface area contributed by atoms with E-state index in [0.717, 1.165) is 27.2 Å². The molecule has 1 heterocycles. The summed E-state index contributed by atoms with van der Waals surface area (Å²) in [5.41, 5.74) is 2.83. The van der Waals surface area contributed by atoms with Gasteiger partial charge in [-0.25, -0.2) is 4.98 Å². The highest BCUT2D eigenvalue weighted by atomic mass is 79.9. The van der Waals surface area contributed by atoms with Crippen molar-refractivity contribution < 1.29 is 4.79 Å². The quantitative estimate of drug-likeness (QED) is 0.664. The molecule has 122 valence electrons. The van der Waals surface area contributed by atoms with Gasteiger partial charge in [-0.1, -0.05) is 42.5 Å². The number of carbonyl (C=O) groups excluding carboxylic acids is 1. The maximum Gasteiger partial charge on any atom is 0.252 e. The van der Waals surface area contributed by atoms with E-state index in [1.54, 1.807) is 11.3 Å². The molecule has 3 rings (SSSR count). The van der Waals surface area contributed by atoms with Crippen LogP contribution >= 0.6 is 27.3 Å². The van der Waals surface area contributed by atoms with E-state index in [-0.39, 0.29) is 5.91 Å². The van der Waals surface area contributed by atoms with Gasteiger partial charge in [0.05, 0.1) is 11.3 Å². The van der Waals surface area contributed by atoms with Gasteiger partial charge in [-0.15, -0.1) is 11.3 Å². The summed E-state index contributed by atoms with van der Waals surface area (Å²) in [5.74, 6) is -0.0621. The van der Waals surface area contributed by atoms with Crippen molar-refractivity contribution in [3.8, 4) is 10.6 Å². The lowest BCUT2D eigenvalue weighted by atomic mass is 10.2. The summed E-state index contributed by atoms with van der Waals surface area (Å²) >= 11 is 5.10. The SMILES string of the molecule is Cc1nc(-c2ccccc2)sc1CCNC(=O)c1ccccc1Br. The predicted octanol–water partition coefficient (Wildman–Crippen LogP) is 4.85. The van der Waals surface area contributed by atoms with E-state index in [1.807, 2.05) is 49.4 Å². The summed E-state index contributed by atoms with van der Waals surface area (Å²) in [6, 6.07) is 17.6. The smallest absolute Gasteiger partial charge is 0.252 e. The zero-order valence-corrected chi connectivity index (χ0v) is 15.7. The third kappa shape index (κ3) is 3.91. The molecular weight excluding hydrogens is 384 g/mol. The number of aryl methyl sites for hydroxylation is 1. The fourth-order valence-corrected chi connectivity index (χ4v) is 3.93. The molecule has 0 aliphatic carbocycles. The Labute approximate surface area is 153 Å². The van der Waals surface area contributed by atoms with Crippen molar-refractivity contribution >= 4 is 33.2 Å². The summed E-state index contributed by atoms with van der Waals surface area (Å²) in [6.45, 7) is 2.62. The van der Waals surface area contributed by atoms with Crippen LogP contribution in [0, 0.1) is 6.92 Å². The molecule has 0 radical (unpaired) electrons. The fraction of sp³-hybridized carbons (Fsp3) is 0.158. The van der Waals surface area contributed by atoms with Gasteiger partial charge in [0, 0.05) is 27.9 Å². The van der Waals surface area contributed by atoms with E-state index in [2.05, 4.69) is 38.4 Å². The first kappa shape index (κ1) is 16.9. The van der Waals surface area contributed by atoms with Gasteiger partial charge in [-0.05, 0) is 35.0 Å². The summed E-state index contributed by atoms with van der Waals surface area (Å²) in [4.78, 5) is 18.1. The summed E-state index contributed by atoms with van der Waals surface area (Å²) < 4.78 is 0.808. The minimum Gasteiger partial charge on any atom is -0.352 e. The topological polar surface area (TPSA) is 42.0 Å². The lowest BCUT2D eigenvalue weighted by Gasteiger charge is -2.06. The molecule has 0 unspecified atom stereocenters. The largest absolute Gasteiger partial charge is 0.352 e.